The van der Waals surface area contributed by atoms with Gasteiger partial charge in [-0.15, -0.1) is 0 Å². The van der Waals surface area contributed by atoms with Crippen molar-refractivity contribution in [2.75, 3.05) is 12.4 Å². The summed E-state index contributed by atoms with van der Waals surface area (Å²) in [6.45, 7) is 2.38. The highest BCUT2D eigenvalue weighted by atomic mass is 16.6. The number of aromatic carboxylic acids is 1. The molecule has 25 heavy (non-hydrogen) atoms. The predicted molar refractivity (Wildman–Crippen MR) is 94.3 cm³/mol. The minimum Gasteiger partial charge on any atom is -0.493 e. The van der Waals surface area contributed by atoms with E-state index in [1.54, 1.807) is 30.3 Å². The molecule has 0 atom stereocenters. The van der Waals surface area contributed by atoms with Crippen LogP contribution in [-0.2, 0) is 11.3 Å². The lowest BCUT2D eigenvalue weighted by Crippen LogP contribution is -2.08. The second-order valence-electron chi connectivity index (χ2n) is 5.45. The SMILES string of the molecule is CCCC(=O)Oc1ccc(CNc2cccc(C(=O)O)c2)cc1OC. The molecule has 0 saturated heterocycles. The number of carbonyl (C=O) groups is 2. The van der Waals surface area contributed by atoms with Gasteiger partial charge in [-0.3, -0.25) is 4.79 Å². The molecular weight excluding hydrogens is 322 g/mol. The number of rotatable bonds is 8. The summed E-state index contributed by atoms with van der Waals surface area (Å²) in [5.41, 5.74) is 1.84. The lowest BCUT2D eigenvalue weighted by atomic mass is 10.1. The van der Waals surface area contributed by atoms with Crippen LogP contribution >= 0.6 is 0 Å². The Balaban J connectivity index is 2.06. The molecule has 0 spiro atoms. The Hall–Kier alpha value is -3.02. The van der Waals surface area contributed by atoms with Gasteiger partial charge in [0.15, 0.2) is 11.5 Å². The Morgan fingerprint density at radius 2 is 1.92 bits per heavy atom. The second kappa shape index (κ2) is 8.73. The van der Waals surface area contributed by atoms with E-state index in [0.29, 0.717) is 30.2 Å². The summed E-state index contributed by atoms with van der Waals surface area (Å²) < 4.78 is 10.6. The molecular formula is C19H21NO5. The first-order valence-electron chi connectivity index (χ1n) is 7.98. The van der Waals surface area contributed by atoms with Gasteiger partial charge >= 0.3 is 11.9 Å². The lowest BCUT2D eigenvalue weighted by molar-refractivity contribution is -0.134. The Morgan fingerprint density at radius 3 is 2.60 bits per heavy atom. The number of esters is 1. The van der Waals surface area contributed by atoms with E-state index in [1.165, 1.54) is 13.2 Å². The highest BCUT2D eigenvalue weighted by Crippen LogP contribution is 2.29. The maximum atomic E-state index is 11.6. The summed E-state index contributed by atoms with van der Waals surface area (Å²) in [6, 6.07) is 11.9. The van der Waals surface area contributed by atoms with Gasteiger partial charge in [0.1, 0.15) is 0 Å². The number of carboxylic acid groups (broad SMARTS) is 1. The number of anilines is 1. The number of carbonyl (C=O) groups excluding carboxylic acids is 1. The van der Waals surface area contributed by atoms with Crippen molar-refractivity contribution in [3.05, 3.63) is 53.6 Å². The molecule has 6 nitrogen and oxygen atoms in total. The van der Waals surface area contributed by atoms with Crippen LogP contribution in [0.15, 0.2) is 42.5 Å². The average molecular weight is 343 g/mol. The number of nitrogens with one attached hydrogen (secondary N) is 1. The lowest BCUT2D eigenvalue weighted by Gasteiger charge is -2.12. The number of methoxy groups -OCH3 is 1. The summed E-state index contributed by atoms with van der Waals surface area (Å²) in [5.74, 6) is -0.402. The van der Waals surface area contributed by atoms with Crippen molar-refractivity contribution in [1.29, 1.82) is 0 Å². The Labute approximate surface area is 146 Å². The number of benzene rings is 2. The van der Waals surface area contributed by atoms with Gasteiger partial charge in [-0.1, -0.05) is 19.1 Å². The van der Waals surface area contributed by atoms with Crippen LogP contribution in [0.1, 0.15) is 35.7 Å². The first-order chi connectivity index (χ1) is 12.0. The van der Waals surface area contributed by atoms with E-state index < -0.39 is 5.97 Å². The van der Waals surface area contributed by atoms with Crippen molar-refractivity contribution in [2.45, 2.75) is 26.3 Å². The molecule has 2 rings (SSSR count). The normalized spacial score (nSPS) is 10.2. The summed E-state index contributed by atoms with van der Waals surface area (Å²) in [5, 5.41) is 12.2. The van der Waals surface area contributed by atoms with E-state index in [4.69, 9.17) is 14.6 Å². The largest absolute Gasteiger partial charge is 0.493 e. The maximum Gasteiger partial charge on any atom is 0.335 e. The molecule has 0 aliphatic carbocycles. The van der Waals surface area contributed by atoms with Crippen LogP contribution in [0.25, 0.3) is 0 Å². The summed E-state index contributed by atoms with van der Waals surface area (Å²) in [7, 11) is 1.51. The quantitative estimate of drug-likeness (QED) is 0.561. The standard InChI is InChI=1S/C19H21NO5/c1-3-5-18(21)25-16-9-8-13(10-17(16)24-2)12-20-15-7-4-6-14(11-15)19(22)23/h4,6-11,20H,3,5,12H2,1-2H3,(H,22,23). The molecule has 6 heteroatoms. The van der Waals surface area contributed by atoms with Crippen molar-refractivity contribution in [3.8, 4) is 11.5 Å². The molecule has 0 aliphatic rings. The van der Waals surface area contributed by atoms with Crippen molar-refractivity contribution < 1.29 is 24.2 Å². The highest BCUT2D eigenvalue weighted by molar-refractivity contribution is 5.88. The van der Waals surface area contributed by atoms with E-state index in [0.717, 1.165) is 12.0 Å². The summed E-state index contributed by atoms with van der Waals surface area (Å²) in [6.07, 6.45) is 1.07. The molecule has 0 heterocycles. The molecule has 2 N–H and O–H groups in total. The Morgan fingerprint density at radius 1 is 1.12 bits per heavy atom. The highest BCUT2D eigenvalue weighted by Gasteiger charge is 2.10. The first kappa shape index (κ1) is 18.3. The zero-order valence-corrected chi connectivity index (χ0v) is 14.2. The van der Waals surface area contributed by atoms with E-state index in [2.05, 4.69) is 5.32 Å². The topological polar surface area (TPSA) is 84.9 Å². The van der Waals surface area contributed by atoms with Crippen molar-refractivity contribution >= 4 is 17.6 Å². The van der Waals surface area contributed by atoms with Gasteiger partial charge in [-0.25, -0.2) is 4.79 Å². The molecule has 0 radical (unpaired) electrons. The summed E-state index contributed by atoms with van der Waals surface area (Å²) >= 11 is 0. The third-order valence-electron chi connectivity index (χ3n) is 3.51. The molecule has 0 saturated carbocycles. The molecule has 2 aromatic carbocycles. The second-order valence-corrected chi connectivity index (χ2v) is 5.45. The number of carboxylic acids is 1. The van der Waals surface area contributed by atoms with Crippen LogP contribution in [0, 0.1) is 0 Å². The van der Waals surface area contributed by atoms with Gasteiger partial charge in [0, 0.05) is 18.7 Å². The van der Waals surface area contributed by atoms with E-state index in [-0.39, 0.29) is 11.5 Å². The van der Waals surface area contributed by atoms with E-state index in [9.17, 15) is 9.59 Å². The van der Waals surface area contributed by atoms with Gasteiger partial charge in [0.05, 0.1) is 12.7 Å². The molecule has 2 aromatic rings. The number of ether oxygens (including phenoxy) is 2. The molecule has 132 valence electrons. The van der Waals surface area contributed by atoms with Gasteiger partial charge in [0.2, 0.25) is 0 Å². The van der Waals surface area contributed by atoms with Crippen LogP contribution in [0.5, 0.6) is 11.5 Å². The third kappa shape index (κ3) is 5.24. The van der Waals surface area contributed by atoms with Crippen molar-refractivity contribution in [3.63, 3.8) is 0 Å². The van der Waals surface area contributed by atoms with Crippen molar-refractivity contribution in [2.24, 2.45) is 0 Å². The van der Waals surface area contributed by atoms with Gasteiger partial charge < -0.3 is 19.9 Å². The van der Waals surface area contributed by atoms with Crippen molar-refractivity contribution in [1.82, 2.24) is 0 Å². The smallest absolute Gasteiger partial charge is 0.335 e. The Kier molecular flexibility index (Phi) is 6.39. The molecule has 0 aliphatic heterocycles. The minimum absolute atomic E-state index is 0.223. The van der Waals surface area contributed by atoms with Crippen LogP contribution < -0.4 is 14.8 Å². The monoisotopic (exact) mass is 343 g/mol. The zero-order valence-electron chi connectivity index (χ0n) is 14.2. The maximum absolute atomic E-state index is 11.6. The summed E-state index contributed by atoms with van der Waals surface area (Å²) in [4.78, 5) is 22.6. The van der Waals surface area contributed by atoms with Gasteiger partial charge in [-0.05, 0) is 42.3 Å². The van der Waals surface area contributed by atoms with Crippen LogP contribution in [0.3, 0.4) is 0 Å². The zero-order chi connectivity index (χ0) is 18.2. The fourth-order valence-electron chi connectivity index (χ4n) is 2.25. The molecule has 0 bridgehead atoms. The Bertz CT molecular complexity index is 757. The van der Waals surface area contributed by atoms with E-state index in [1.807, 2.05) is 13.0 Å². The number of hydrogen-bond donors (Lipinski definition) is 2. The fourth-order valence-corrected chi connectivity index (χ4v) is 2.25. The minimum atomic E-state index is -0.969. The van der Waals surface area contributed by atoms with Crippen LogP contribution in [0.2, 0.25) is 0 Å². The van der Waals surface area contributed by atoms with E-state index >= 15 is 0 Å². The van der Waals surface area contributed by atoms with Crippen LogP contribution in [0.4, 0.5) is 5.69 Å². The van der Waals surface area contributed by atoms with Gasteiger partial charge in [0.25, 0.3) is 0 Å². The third-order valence-corrected chi connectivity index (χ3v) is 3.51. The fraction of sp³-hybridized carbons (Fsp3) is 0.263. The molecule has 0 aromatic heterocycles. The van der Waals surface area contributed by atoms with Gasteiger partial charge in [-0.2, -0.15) is 0 Å². The molecule has 0 unspecified atom stereocenters. The molecule has 0 fully saturated rings. The average Bonchev–Trinajstić information content (AvgIpc) is 2.61. The first-order valence-corrected chi connectivity index (χ1v) is 7.98. The number of hydrogen-bond acceptors (Lipinski definition) is 5. The predicted octanol–water partition coefficient (Wildman–Crippen LogP) is 3.71. The molecule has 0 amide bonds. The van der Waals surface area contributed by atoms with Crippen LogP contribution in [-0.4, -0.2) is 24.2 Å².